The Morgan fingerprint density at radius 2 is 1.75 bits per heavy atom. The predicted molar refractivity (Wildman–Crippen MR) is 236 cm³/mol. The lowest BCUT2D eigenvalue weighted by Gasteiger charge is -2.37. The number of aryl methyl sites for hydroxylation is 3. The summed E-state index contributed by atoms with van der Waals surface area (Å²) < 4.78 is 70.5. The number of imide groups is 1. The fourth-order valence-electron chi connectivity index (χ4n) is 10.3. The van der Waals surface area contributed by atoms with Gasteiger partial charge in [0.15, 0.2) is 6.61 Å². The van der Waals surface area contributed by atoms with Crippen molar-refractivity contribution in [1.29, 1.82) is 0 Å². The molecule has 5 aromatic rings. The molecule has 65 heavy (non-hydrogen) atoms. The van der Waals surface area contributed by atoms with E-state index in [1.165, 1.54) is 29.8 Å². The van der Waals surface area contributed by atoms with Gasteiger partial charge in [0.25, 0.3) is 18.2 Å². The van der Waals surface area contributed by atoms with E-state index in [0.717, 1.165) is 44.4 Å². The van der Waals surface area contributed by atoms with Crippen molar-refractivity contribution in [1.82, 2.24) is 34.5 Å². The minimum absolute atomic E-state index is 0.00742. The number of carbonyl (C=O) groups is 2. The van der Waals surface area contributed by atoms with Crippen LogP contribution in [0.25, 0.3) is 26.7 Å². The lowest BCUT2D eigenvalue weighted by molar-refractivity contribution is -0.134. The van der Waals surface area contributed by atoms with Gasteiger partial charge in [0.2, 0.25) is 23.5 Å². The van der Waals surface area contributed by atoms with Crippen LogP contribution in [0.15, 0.2) is 35.3 Å². The number of pyridine rings is 1. The van der Waals surface area contributed by atoms with E-state index in [-0.39, 0.29) is 64.6 Å². The normalized spacial score (nSPS) is 23.9. The number of amides is 2. The van der Waals surface area contributed by atoms with E-state index in [4.69, 9.17) is 16.3 Å². The first-order valence-electron chi connectivity index (χ1n) is 22.3. The monoisotopic (exact) mass is 896 g/mol. The van der Waals surface area contributed by atoms with Gasteiger partial charge in [-0.15, -0.1) is 0 Å². The van der Waals surface area contributed by atoms with Gasteiger partial charge in [-0.3, -0.25) is 24.4 Å². The molecule has 7 heterocycles. The molecule has 0 spiro atoms. The number of alkyl halides is 2. The third-order valence-electron chi connectivity index (χ3n) is 14.2. The third-order valence-corrected chi connectivity index (χ3v) is 14.2. The van der Waals surface area contributed by atoms with Crippen LogP contribution in [0.1, 0.15) is 73.6 Å². The van der Waals surface area contributed by atoms with Crippen LogP contribution >= 0.6 is 0 Å². The number of piperidine rings is 3. The highest BCUT2D eigenvalue weighted by Crippen LogP contribution is 2.46. The average Bonchev–Trinajstić information content (AvgIpc) is 4.09. The zero-order chi connectivity index (χ0) is 45.5. The Hall–Kier alpha value is -6.29. The molecule has 1 aliphatic carbocycles. The van der Waals surface area contributed by atoms with Crippen LogP contribution in [0.4, 0.5) is 40.7 Å². The molecule has 0 radical (unpaired) electrons. The lowest BCUT2D eigenvalue weighted by Crippen LogP contribution is -2.48. The van der Waals surface area contributed by atoms with Crippen LogP contribution < -0.4 is 31.1 Å². The Kier molecular flexibility index (Phi) is 10.7. The van der Waals surface area contributed by atoms with E-state index < -0.39 is 41.8 Å². The Bertz CT molecular complexity index is 2870. The molecule has 4 aliphatic heterocycles. The number of fused-ring (bicyclic) bond motifs is 4. The maximum absolute atomic E-state index is 15.9. The fourth-order valence-corrected chi connectivity index (χ4v) is 10.3. The molecule has 10 rings (SSSR count). The molecular formula is C46H50F4N11O4+. The third kappa shape index (κ3) is 7.78. The second-order valence-corrected chi connectivity index (χ2v) is 18.4. The highest BCUT2D eigenvalue weighted by atomic mass is 19.3. The molecule has 3 N–H and O–H groups in total. The Balaban J connectivity index is 0.807. The molecule has 0 bridgehead atoms. The number of ether oxygens (including phenoxy) is 1. The predicted octanol–water partition coefficient (Wildman–Crippen LogP) is 6.32. The second-order valence-electron chi connectivity index (χ2n) is 18.4. The van der Waals surface area contributed by atoms with Crippen molar-refractivity contribution in [3.8, 4) is 12.3 Å². The Morgan fingerprint density at radius 1 is 0.969 bits per heavy atom. The van der Waals surface area contributed by atoms with Crippen LogP contribution in [0, 0.1) is 37.0 Å². The molecule has 2 aromatic carbocycles. The van der Waals surface area contributed by atoms with Gasteiger partial charge < -0.3 is 29.7 Å². The van der Waals surface area contributed by atoms with Crippen molar-refractivity contribution < 1.29 is 31.9 Å². The molecule has 3 saturated heterocycles. The van der Waals surface area contributed by atoms with Gasteiger partial charge in [-0.2, -0.15) is 10.1 Å². The van der Waals surface area contributed by atoms with Crippen LogP contribution in [0.2, 0.25) is 0 Å². The number of hydrogen-bond acceptors (Lipinski definition) is 11. The summed E-state index contributed by atoms with van der Waals surface area (Å²) in [5.74, 6) is -5.12. The number of halogens is 4. The topological polar surface area (TPSA) is 156 Å². The summed E-state index contributed by atoms with van der Waals surface area (Å²) in [7, 11) is 3.24. The van der Waals surface area contributed by atoms with Gasteiger partial charge in [-0.25, -0.2) is 22.5 Å². The summed E-state index contributed by atoms with van der Waals surface area (Å²) in [6, 6.07) is 4.58. The summed E-state index contributed by atoms with van der Waals surface area (Å²) in [5.41, 5.74) is 2.23. The van der Waals surface area contributed by atoms with E-state index in [9.17, 15) is 14.4 Å². The first-order valence-corrected chi connectivity index (χ1v) is 22.3. The Morgan fingerprint density at radius 3 is 2.49 bits per heavy atom. The van der Waals surface area contributed by atoms with Gasteiger partial charge >= 0.3 is 5.92 Å². The van der Waals surface area contributed by atoms with Crippen molar-refractivity contribution in [2.45, 2.75) is 81.7 Å². The summed E-state index contributed by atoms with van der Waals surface area (Å²) in [5, 5.41) is 13.9. The van der Waals surface area contributed by atoms with Gasteiger partial charge in [0.05, 0.1) is 46.0 Å². The maximum atomic E-state index is 15.9. The van der Waals surface area contributed by atoms with Gasteiger partial charge in [-0.05, 0) is 94.1 Å². The summed E-state index contributed by atoms with van der Waals surface area (Å²) in [6.07, 6.45) is 5.74. The molecular weight excluding hydrogens is 847 g/mol. The first kappa shape index (κ1) is 42.6. The zero-order valence-electron chi connectivity index (χ0n) is 36.3. The Labute approximate surface area is 371 Å². The van der Waals surface area contributed by atoms with Crippen molar-refractivity contribution in [2.75, 3.05) is 54.9 Å². The SMILES string of the molecule is C#[N+]C1CN(c2ncc(C)c(Nc3cc4c5c(c(=O)n(C)c4cc3F)OCC(F)(F)C(C3CC3)N5)n2)CC[C@H]1CN1CCC(c2cc3c(cc2F)c(C2CCC(=O)NC2=O)nn3C)CC1. The van der Waals surface area contributed by atoms with E-state index in [0.29, 0.717) is 71.7 Å². The quantitative estimate of drug-likeness (QED) is 0.118. The van der Waals surface area contributed by atoms with Crippen LogP contribution in [-0.2, 0) is 23.7 Å². The maximum Gasteiger partial charge on any atom is 0.301 e. The van der Waals surface area contributed by atoms with Gasteiger partial charge in [-0.1, -0.05) is 4.85 Å². The van der Waals surface area contributed by atoms with Crippen LogP contribution in [0.3, 0.4) is 0 Å². The minimum Gasteiger partial charge on any atom is -0.480 e. The number of anilines is 4. The highest BCUT2D eigenvalue weighted by Gasteiger charge is 2.51. The molecule has 3 unspecified atom stereocenters. The molecule has 15 nitrogen and oxygen atoms in total. The van der Waals surface area contributed by atoms with Gasteiger partial charge in [0, 0.05) is 62.2 Å². The largest absolute Gasteiger partial charge is 0.480 e. The highest BCUT2D eigenvalue weighted by molar-refractivity contribution is 6.02. The summed E-state index contributed by atoms with van der Waals surface area (Å²) >= 11 is 0. The molecule has 19 heteroatoms. The number of nitrogens with one attached hydrogen (secondary N) is 3. The van der Waals surface area contributed by atoms with Crippen molar-refractivity contribution in [2.24, 2.45) is 25.9 Å². The number of rotatable bonds is 8. The van der Waals surface area contributed by atoms with E-state index in [2.05, 4.69) is 35.8 Å². The first-order chi connectivity index (χ1) is 31.2. The lowest BCUT2D eigenvalue weighted by atomic mass is 9.86. The van der Waals surface area contributed by atoms with Crippen molar-refractivity contribution in [3.63, 3.8) is 0 Å². The molecule has 1 saturated carbocycles. The number of nitrogens with zero attached hydrogens (tertiary/aromatic N) is 8. The van der Waals surface area contributed by atoms with E-state index >= 15 is 17.6 Å². The molecule has 5 aliphatic rings. The van der Waals surface area contributed by atoms with E-state index in [1.807, 2.05) is 11.0 Å². The summed E-state index contributed by atoms with van der Waals surface area (Å²) in [6.45, 7) is 10.3. The number of aromatic nitrogens is 5. The standard InChI is InChI=1S/C46H49F4N11O4/c1-23-19-52-45(56-42(23)53-33-16-30-35(18-32(33)48)58(3)44(64)40-39(30)55-41(25-5-6-25)46(49,50)22-65-40)61-14-11-26(34(21-61)51-2)20-60-12-9-24(10-13-60)28-17-36-29(15-31(28)47)38(57-59(36)4)27-7-8-37(62)54-43(27)63/h2,15-19,24-27,34,41H,5-14,20-22H2,1,3-4H3,(H2-,52,53,54,55,56,62,63,64)/p+1/t26-,27?,34?,41?/m0/s1. The van der Waals surface area contributed by atoms with E-state index in [1.54, 1.807) is 24.9 Å². The number of carbonyl (C=O) groups excluding carboxylic acids is 2. The number of likely N-dealkylation sites (tertiary alicyclic amines) is 1. The van der Waals surface area contributed by atoms with Crippen LogP contribution in [0.5, 0.6) is 5.75 Å². The number of benzene rings is 2. The van der Waals surface area contributed by atoms with Gasteiger partial charge in [0.1, 0.15) is 24.0 Å². The summed E-state index contributed by atoms with van der Waals surface area (Å²) in [4.78, 5) is 55.7. The zero-order valence-corrected chi connectivity index (χ0v) is 36.3. The van der Waals surface area contributed by atoms with Crippen molar-refractivity contribution in [3.05, 3.63) is 74.1 Å². The average molecular weight is 897 g/mol. The smallest absolute Gasteiger partial charge is 0.301 e. The molecule has 3 aromatic heterocycles. The fraction of sp³-hybridized carbons (Fsp3) is 0.500. The van der Waals surface area contributed by atoms with Crippen molar-refractivity contribution >= 4 is 56.8 Å². The molecule has 4 atom stereocenters. The molecule has 4 fully saturated rings. The molecule has 340 valence electrons. The van der Waals surface area contributed by atoms with Crippen LogP contribution in [-0.4, -0.2) is 98.4 Å². The molecule has 2 amide bonds. The number of hydrogen-bond donors (Lipinski definition) is 3. The minimum atomic E-state index is -3.22. The second kappa shape index (κ2) is 16.3.